The summed E-state index contributed by atoms with van der Waals surface area (Å²) in [6.07, 6.45) is 0.112. The van der Waals surface area contributed by atoms with E-state index in [-0.39, 0.29) is 12.5 Å². The van der Waals surface area contributed by atoms with E-state index in [2.05, 4.69) is 0 Å². The number of carbonyl (C=O) groups excluding carboxylic acids is 1. The fourth-order valence-electron chi connectivity index (χ4n) is 5.79. The Morgan fingerprint density at radius 3 is 1.51 bits per heavy atom. The van der Waals surface area contributed by atoms with E-state index in [4.69, 9.17) is 0 Å². The molecule has 1 fully saturated rings. The maximum absolute atomic E-state index is 13.8. The van der Waals surface area contributed by atoms with Crippen molar-refractivity contribution in [3.05, 3.63) is 144 Å². The van der Waals surface area contributed by atoms with E-state index in [0.717, 1.165) is 11.1 Å². The lowest BCUT2D eigenvalue weighted by Gasteiger charge is -2.55. The van der Waals surface area contributed by atoms with Crippen LogP contribution >= 0.6 is 0 Å². The minimum atomic E-state index is -1.62. The van der Waals surface area contributed by atoms with Crippen molar-refractivity contribution in [1.82, 2.24) is 9.80 Å². The van der Waals surface area contributed by atoms with Crippen molar-refractivity contribution in [3.8, 4) is 0 Å². The summed E-state index contributed by atoms with van der Waals surface area (Å²) in [6.45, 7) is 0. The fraction of sp³-hybridized carbons (Fsp3) is 0.219. The van der Waals surface area contributed by atoms with Crippen LogP contribution in [0.15, 0.2) is 121 Å². The number of benzene rings is 4. The molecule has 0 aromatic heterocycles. The average molecular weight is 493 g/mol. The lowest BCUT2D eigenvalue weighted by atomic mass is 9.71. The van der Waals surface area contributed by atoms with E-state index in [1.54, 1.807) is 19.0 Å². The van der Waals surface area contributed by atoms with Gasteiger partial charge in [0, 0.05) is 20.5 Å². The van der Waals surface area contributed by atoms with Crippen LogP contribution < -0.4 is 0 Å². The third-order valence-corrected chi connectivity index (χ3v) is 7.77. The lowest BCUT2D eigenvalue weighted by molar-refractivity contribution is -0.152. The molecular formula is C32H32N2O3. The molecule has 4 aromatic carbocycles. The Kier molecular flexibility index (Phi) is 6.59. The van der Waals surface area contributed by atoms with Gasteiger partial charge in [0.1, 0.15) is 5.60 Å². The third kappa shape index (κ3) is 4.20. The summed E-state index contributed by atoms with van der Waals surface area (Å²) in [4.78, 5) is 16.8. The van der Waals surface area contributed by atoms with Crippen molar-refractivity contribution in [3.63, 3.8) is 0 Å². The van der Waals surface area contributed by atoms with Crippen molar-refractivity contribution in [2.75, 3.05) is 14.1 Å². The predicted octanol–water partition coefficient (Wildman–Crippen LogP) is 5.20. The summed E-state index contributed by atoms with van der Waals surface area (Å²) >= 11 is 0. The van der Waals surface area contributed by atoms with Crippen LogP contribution in [0.25, 0.3) is 0 Å². The van der Waals surface area contributed by atoms with Crippen LogP contribution in [0.2, 0.25) is 0 Å². The Morgan fingerprint density at radius 2 is 1.11 bits per heavy atom. The smallest absolute Gasteiger partial charge is 0.322 e. The minimum absolute atomic E-state index is 0.112. The van der Waals surface area contributed by atoms with Crippen LogP contribution in [-0.2, 0) is 5.60 Å². The maximum atomic E-state index is 13.8. The number of rotatable bonds is 6. The number of likely N-dealkylation sites (N-methyl/N-ethyl adjacent to an activating group) is 2. The van der Waals surface area contributed by atoms with Crippen molar-refractivity contribution in [2.24, 2.45) is 0 Å². The summed E-state index contributed by atoms with van der Waals surface area (Å²) in [5.41, 5.74) is -0.0686. The molecule has 0 aliphatic carbocycles. The topological polar surface area (TPSA) is 64.0 Å². The Labute approximate surface area is 218 Å². The van der Waals surface area contributed by atoms with Crippen molar-refractivity contribution >= 4 is 6.03 Å². The second-order valence-corrected chi connectivity index (χ2v) is 9.80. The Hall–Kier alpha value is -3.93. The molecule has 5 heteroatoms. The van der Waals surface area contributed by atoms with E-state index >= 15 is 0 Å². The average Bonchev–Trinajstić information content (AvgIpc) is 2.96. The van der Waals surface area contributed by atoms with Crippen molar-refractivity contribution < 1.29 is 15.0 Å². The first-order valence-corrected chi connectivity index (χ1v) is 12.5. The molecule has 1 heterocycles. The van der Waals surface area contributed by atoms with Gasteiger partial charge in [-0.2, -0.15) is 0 Å². The summed E-state index contributed by atoms with van der Waals surface area (Å²) in [5, 5.41) is 25.2. The fourth-order valence-corrected chi connectivity index (χ4v) is 5.79. The van der Waals surface area contributed by atoms with Gasteiger partial charge in [0.2, 0.25) is 0 Å². The molecule has 1 aliphatic rings. The Bertz CT molecular complexity index is 1250. The van der Waals surface area contributed by atoms with Gasteiger partial charge in [-0.25, -0.2) is 4.79 Å². The van der Waals surface area contributed by atoms with E-state index in [9.17, 15) is 15.0 Å². The molecule has 5 rings (SSSR count). The first-order chi connectivity index (χ1) is 17.9. The summed E-state index contributed by atoms with van der Waals surface area (Å²) in [6, 6.07) is 37.2. The number of carbonyl (C=O) groups is 1. The van der Waals surface area contributed by atoms with Crippen LogP contribution in [-0.4, -0.2) is 51.9 Å². The number of hydrogen-bond donors (Lipinski definition) is 2. The minimum Gasteiger partial charge on any atom is -0.378 e. The summed E-state index contributed by atoms with van der Waals surface area (Å²) in [5.74, 6) is -0.532. The SMILES string of the molecule is CN1C(=O)N(C)[C@](O)(C(c2ccccc2)c2ccccc2)C[C@H]1C(O)(c1ccccc1)c1ccccc1. The molecule has 2 atom stereocenters. The van der Waals surface area contributed by atoms with Gasteiger partial charge in [-0.15, -0.1) is 0 Å². The van der Waals surface area contributed by atoms with Crippen LogP contribution in [0.3, 0.4) is 0 Å². The molecule has 0 radical (unpaired) electrons. The van der Waals surface area contributed by atoms with Gasteiger partial charge in [0.05, 0.1) is 12.0 Å². The molecule has 0 unspecified atom stereocenters. The molecule has 5 nitrogen and oxygen atoms in total. The van der Waals surface area contributed by atoms with E-state index < -0.39 is 23.3 Å². The zero-order valence-electron chi connectivity index (χ0n) is 21.1. The van der Waals surface area contributed by atoms with Crippen LogP contribution in [0.1, 0.15) is 34.6 Å². The second-order valence-electron chi connectivity index (χ2n) is 9.80. The Morgan fingerprint density at radius 1 is 0.730 bits per heavy atom. The third-order valence-electron chi connectivity index (χ3n) is 7.77. The molecule has 1 aliphatic heterocycles. The Balaban J connectivity index is 1.70. The molecule has 188 valence electrons. The highest BCUT2D eigenvalue weighted by Gasteiger charge is 2.57. The lowest BCUT2D eigenvalue weighted by Crippen LogP contribution is -2.69. The zero-order chi connectivity index (χ0) is 26.0. The van der Waals surface area contributed by atoms with Crippen LogP contribution in [0.5, 0.6) is 0 Å². The van der Waals surface area contributed by atoms with E-state index in [1.807, 2.05) is 121 Å². The van der Waals surface area contributed by atoms with Gasteiger partial charge >= 0.3 is 6.03 Å². The number of aliphatic hydroxyl groups is 2. The maximum Gasteiger partial charge on any atom is 0.322 e. The molecule has 0 bridgehead atoms. The largest absolute Gasteiger partial charge is 0.378 e. The predicted molar refractivity (Wildman–Crippen MR) is 145 cm³/mol. The van der Waals surface area contributed by atoms with Crippen molar-refractivity contribution in [2.45, 2.75) is 29.7 Å². The highest BCUT2D eigenvalue weighted by Crippen LogP contribution is 2.48. The highest BCUT2D eigenvalue weighted by molar-refractivity contribution is 5.77. The molecule has 0 spiro atoms. The molecule has 4 aromatic rings. The molecular weight excluding hydrogens is 460 g/mol. The standard InChI is InChI=1S/C32H32N2O3/c1-33-28(32(37,26-19-11-5-12-20-26)27-21-13-6-14-22-27)23-31(36,34(2)30(33)35)29(24-15-7-3-8-16-24)25-17-9-4-10-18-25/h3-22,28-29,36-37H,23H2,1-2H3/t28-,31+/m0/s1. The van der Waals surface area contributed by atoms with Crippen LogP contribution in [0, 0.1) is 0 Å². The van der Waals surface area contributed by atoms with Gasteiger partial charge in [-0.3, -0.25) is 4.90 Å². The monoisotopic (exact) mass is 492 g/mol. The zero-order valence-corrected chi connectivity index (χ0v) is 21.1. The van der Waals surface area contributed by atoms with Gasteiger partial charge in [0.25, 0.3) is 0 Å². The number of hydrogen-bond acceptors (Lipinski definition) is 3. The normalized spacial score (nSPS) is 20.4. The molecule has 2 N–H and O–H groups in total. The van der Waals surface area contributed by atoms with Crippen molar-refractivity contribution in [1.29, 1.82) is 0 Å². The van der Waals surface area contributed by atoms with Crippen LogP contribution in [0.4, 0.5) is 4.79 Å². The molecule has 37 heavy (non-hydrogen) atoms. The molecule has 1 saturated heterocycles. The first kappa shape index (κ1) is 24.8. The second kappa shape index (κ2) is 9.85. The van der Waals surface area contributed by atoms with Gasteiger partial charge < -0.3 is 15.1 Å². The number of nitrogens with zero attached hydrogens (tertiary/aromatic N) is 2. The van der Waals surface area contributed by atoms with E-state index in [0.29, 0.717) is 11.1 Å². The summed E-state index contributed by atoms with van der Waals surface area (Å²) < 4.78 is 0. The molecule has 2 amide bonds. The molecule has 0 saturated carbocycles. The summed E-state index contributed by atoms with van der Waals surface area (Å²) in [7, 11) is 3.33. The van der Waals surface area contributed by atoms with Gasteiger partial charge in [-0.1, -0.05) is 121 Å². The van der Waals surface area contributed by atoms with Gasteiger partial charge in [-0.05, 0) is 22.3 Å². The van der Waals surface area contributed by atoms with E-state index in [1.165, 1.54) is 4.90 Å². The number of amides is 2. The number of urea groups is 1. The van der Waals surface area contributed by atoms with Gasteiger partial charge in [0.15, 0.2) is 5.72 Å². The quantitative estimate of drug-likeness (QED) is 0.389. The highest BCUT2D eigenvalue weighted by atomic mass is 16.3. The first-order valence-electron chi connectivity index (χ1n) is 12.5.